The quantitative estimate of drug-likeness (QED) is 0.612. The van der Waals surface area contributed by atoms with E-state index in [-0.39, 0.29) is 5.91 Å². The second-order valence-corrected chi connectivity index (χ2v) is 7.53. The van der Waals surface area contributed by atoms with Gasteiger partial charge in [0.1, 0.15) is 5.69 Å². The number of likely N-dealkylation sites (tertiary alicyclic amines) is 1. The first-order chi connectivity index (χ1) is 13.2. The summed E-state index contributed by atoms with van der Waals surface area (Å²) < 4.78 is 1.87. The Labute approximate surface area is 166 Å². The number of amides is 1. The number of hydrogen-bond acceptors (Lipinski definition) is 5. The molecule has 0 bridgehead atoms. The summed E-state index contributed by atoms with van der Waals surface area (Å²) in [4.78, 5) is 18.7. The van der Waals surface area contributed by atoms with E-state index in [0.29, 0.717) is 27.5 Å². The molecular formula is C19H18ClN5OS. The molecule has 1 fully saturated rings. The van der Waals surface area contributed by atoms with Crippen LogP contribution in [0.4, 0.5) is 0 Å². The minimum atomic E-state index is 0.130. The van der Waals surface area contributed by atoms with Crippen LogP contribution in [-0.4, -0.2) is 49.4 Å². The first-order valence-corrected chi connectivity index (χ1v) is 10.1. The zero-order chi connectivity index (χ0) is 18.6. The summed E-state index contributed by atoms with van der Waals surface area (Å²) in [5.74, 6) is 1.05. The summed E-state index contributed by atoms with van der Waals surface area (Å²) in [6, 6.07) is 13.1. The lowest BCUT2D eigenvalue weighted by Gasteiger charge is -2.15. The molecule has 0 radical (unpaired) electrons. The van der Waals surface area contributed by atoms with E-state index in [1.165, 1.54) is 11.8 Å². The van der Waals surface area contributed by atoms with Crippen LogP contribution in [0.1, 0.15) is 12.8 Å². The predicted octanol–water partition coefficient (Wildman–Crippen LogP) is 3.70. The molecule has 1 aliphatic rings. The van der Waals surface area contributed by atoms with Crippen LogP contribution in [0.2, 0.25) is 5.02 Å². The third-order valence-electron chi connectivity index (χ3n) is 4.40. The SMILES string of the molecule is O=C(CSc1nnc(-c2ccccn2)n1-c1ccccc1Cl)N1CCCC1. The maximum absolute atomic E-state index is 12.4. The molecule has 0 atom stereocenters. The van der Waals surface area contributed by atoms with Crippen molar-refractivity contribution in [2.45, 2.75) is 18.0 Å². The molecule has 0 N–H and O–H groups in total. The first kappa shape index (κ1) is 18.0. The maximum Gasteiger partial charge on any atom is 0.233 e. The molecule has 3 heterocycles. The molecule has 0 spiro atoms. The Morgan fingerprint density at radius 1 is 1.07 bits per heavy atom. The van der Waals surface area contributed by atoms with Crippen LogP contribution < -0.4 is 0 Å². The Kier molecular flexibility index (Phi) is 5.40. The van der Waals surface area contributed by atoms with Crippen molar-refractivity contribution in [3.63, 3.8) is 0 Å². The molecule has 0 unspecified atom stereocenters. The van der Waals surface area contributed by atoms with Crippen molar-refractivity contribution in [3.05, 3.63) is 53.7 Å². The summed E-state index contributed by atoms with van der Waals surface area (Å²) in [7, 11) is 0. The van der Waals surface area contributed by atoms with Crippen molar-refractivity contribution < 1.29 is 4.79 Å². The first-order valence-electron chi connectivity index (χ1n) is 8.76. The van der Waals surface area contributed by atoms with Gasteiger partial charge in [0.15, 0.2) is 11.0 Å². The van der Waals surface area contributed by atoms with Crippen LogP contribution >= 0.6 is 23.4 Å². The lowest BCUT2D eigenvalue weighted by atomic mass is 10.3. The van der Waals surface area contributed by atoms with Crippen LogP contribution in [0.25, 0.3) is 17.2 Å². The van der Waals surface area contributed by atoms with Crippen molar-refractivity contribution >= 4 is 29.3 Å². The molecule has 1 amide bonds. The molecule has 6 nitrogen and oxygen atoms in total. The number of hydrogen-bond donors (Lipinski definition) is 0. The smallest absolute Gasteiger partial charge is 0.233 e. The topological polar surface area (TPSA) is 63.9 Å². The lowest BCUT2D eigenvalue weighted by Crippen LogP contribution is -2.29. The summed E-state index contributed by atoms with van der Waals surface area (Å²) in [6.45, 7) is 1.69. The number of carbonyl (C=O) groups is 1. The highest BCUT2D eigenvalue weighted by atomic mass is 35.5. The number of pyridine rings is 1. The average Bonchev–Trinajstić information content (AvgIpc) is 3.37. The largest absolute Gasteiger partial charge is 0.342 e. The van der Waals surface area contributed by atoms with Gasteiger partial charge in [-0.15, -0.1) is 10.2 Å². The number of aromatic nitrogens is 4. The maximum atomic E-state index is 12.4. The fourth-order valence-electron chi connectivity index (χ4n) is 3.06. The monoisotopic (exact) mass is 399 g/mol. The third kappa shape index (κ3) is 3.84. The second kappa shape index (κ2) is 8.10. The highest BCUT2D eigenvalue weighted by Gasteiger charge is 2.22. The van der Waals surface area contributed by atoms with Gasteiger partial charge in [-0.25, -0.2) is 0 Å². The standard InChI is InChI=1S/C19H18ClN5OS/c20-14-7-1-2-9-16(14)25-18(15-8-3-4-10-21-15)22-23-19(25)27-13-17(26)24-11-5-6-12-24/h1-4,7-10H,5-6,11-13H2. The number of benzene rings is 1. The van der Waals surface area contributed by atoms with Crippen molar-refractivity contribution in [2.24, 2.45) is 0 Å². The Bertz CT molecular complexity index is 940. The zero-order valence-corrected chi connectivity index (χ0v) is 16.2. The molecule has 8 heteroatoms. The molecule has 27 heavy (non-hydrogen) atoms. The number of halogens is 1. The molecule has 1 aliphatic heterocycles. The van der Waals surface area contributed by atoms with Gasteiger partial charge in [-0.05, 0) is 37.1 Å². The fourth-order valence-corrected chi connectivity index (χ4v) is 4.13. The van der Waals surface area contributed by atoms with Gasteiger partial charge >= 0.3 is 0 Å². The van der Waals surface area contributed by atoms with Crippen LogP contribution in [0, 0.1) is 0 Å². The fraction of sp³-hybridized carbons (Fsp3) is 0.263. The van der Waals surface area contributed by atoms with Gasteiger partial charge in [-0.3, -0.25) is 14.3 Å². The van der Waals surface area contributed by atoms with Gasteiger partial charge in [0.25, 0.3) is 0 Å². The Balaban J connectivity index is 1.68. The minimum absolute atomic E-state index is 0.130. The summed E-state index contributed by atoms with van der Waals surface area (Å²) in [5, 5.41) is 9.85. The van der Waals surface area contributed by atoms with Gasteiger partial charge < -0.3 is 4.90 Å². The van der Waals surface area contributed by atoms with Gasteiger partial charge in [-0.2, -0.15) is 0 Å². The van der Waals surface area contributed by atoms with E-state index in [4.69, 9.17) is 11.6 Å². The molecule has 138 valence electrons. The summed E-state index contributed by atoms with van der Waals surface area (Å²) >= 11 is 7.80. The molecule has 1 aromatic carbocycles. The normalized spacial score (nSPS) is 13.9. The Morgan fingerprint density at radius 2 is 1.85 bits per heavy atom. The van der Waals surface area contributed by atoms with E-state index in [2.05, 4.69) is 15.2 Å². The van der Waals surface area contributed by atoms with Crippen molar-refractivity contribution in [1.82, 2.24) is 24.6 Å². The Hall–Kier alpha value is -2.38. The molecular weight excluding hydrogens is 382 g/mol. The minimum Gasteiger partial charge on any atom is -0.342 e. The van der Waals surface area contributed by atoms with E-state index in [1.54, 1.807) is 6.20 Å². The van der Waals surface area contributed by atoms with Gasteiger partial charge in [0, 0.05) is 19.3 Å². The Morgan fingerprint density at radius 3 is 2.59 bits per heavy atom. The molecule has 0 aliphatic carbocycles. The van der Waals surface area contributed by atoms with Crippen molar-refractivity contribution in [2.75, 3.05) is 18.8 Å². The van der Waals surface area contributed by atoms with Crippen LogP contribution in [-0.2, 0) is 4.79 Å². The molecule has 1 saturated heterocycles. The zero-order valence-electron chi connectivity index (χ0n) is 14.6. The summed E-state index contributed by atoms with van der Waals surface area (Å²) in [6.07, 6.45) is 3.87. The average molecular weight is 400 g/mol. The van der Waals surface area contributed by atoms with E-state index in [1.807, 2.05) is 51.9 Å². The second-order valence-electron chi connectivity index (χ2n) is 6.18. The molecule has 0 saturated carbocycles. The van der Waals surface area contributed by atoms with Crippen LogP contribution in [0.3, 0.4) is 0 Å². The molecule has 3 aromatic rings. The number of rotatable bonds is 5. The van der Waals surface area contributed by atoms with Crippen molar-refractivity contribution in [3.8, 4) is 17.2 Å². The van der Waals surface area contributed by atoms with E-state index in [9.17, 15) is 4.79 Å². The molecule has 2 aromatic heterocycles. The number of carbonyl (C=O) groups excluding carboxylic acids is 1. The highest BCUT2D eigenvalue weighted by molar-refractivity contribution is 7.99. The van der Waals surface area contributed by atoms with Gasteiger partial charge in [0.2, 0.25) is 5.91 Å². The number of nitrogens with zero attached hydrogens (tertiary/aromatic N) is 5. The van der Waals surface area contributed by atoms with E-state index >= 15 is 0 Å². The number of para-hydroxylation sites is 1. The third-order valence-corrected chi connectivity index (χ3v) is 5.64. The summed E-state index contributed by atoms with van der Waals surface area (Å²) in [5.41, 5.74) is 1.46. The highest BCUT2D eigenvalue weighted by Crippen LogP contribution is 2.30. The van der Waals surface area contributed by atoms with Crippen molar-refractivity contribution in [1.29, 1.82) is 0 Å². The van der Waals surface area contributed by atoms with Crippen LogP contribution in [0.15, 0.2) is 53.8 Å². The predicted molar refractivity (Wildman–Crippen MR) is 106 cm³/mol. The van der Waals surface area contributed by atoms with Gasteiger partial charge in [0.05, 0.1) is 16.5 Å². The van der Waals surface area contributed by atoms with E-state index in [0.717, 1.165) is 31.6 Å². The van der Waals surface area contributed by atoms with Gasteiger partial charge in [-0.1, -0.05) is 41.6 Å². The number of thioether (sulfide) groups is 1. The van der Waals surface area contributed by atoms with E-state index < -0.39 is 0 Å². The van der Waals surface area contributed by atoms with Crippen LogP contribution in [0.5, 0.6) is 0 Å². The lowest BCUT2D eigenvalue weighted by molar-refractivity contribution is -0.127. The molecule has 4 rings (SSSR count).